The molecule has 1 aliphatic heterocycles. The normalized spacial score (nSPS) is 16.8. The number of ether oxygens (including phenoxy) is 1. The molecule has 130 valence electrons. The highest BCUT2D eigenvalue weighted by Gasteiger charge is 2.35. The summed E-state index contributed by atoms with van der Waals surface area (Å²) < 4.78 is 5.25. The SMILES string of the molecule is COc1ccccc1NC(=O)C1CC(=O)N(c2ccc(C)c(C)c2)C1. The van der Waals surface area contributed by atoms with Gasteiger partial charge in [0.1, 0.15) is 5.75 Å². The van der Waals surface area contributed by atoms with E-state index in [1.54, 1.807) is 24.1 Å². The zero-order chi connectivity index (χ0) is 18.0. The lowest BCUT2D eigenvalue weighted by molar-refractivity contribution is -0.122. The molecule has 0 aliphatic carbocycles. The van der Waals surface area contributed by atoms with Crippen LogP contribution in [0.2, 0.25) is 0 Å². The Hall–Kier alpha value is -2.82. The molecule has 0 spiro atoms. The molecule has 25 heavy (non-hydrogen) atoms. The molecule has 0 aromatic heterocycles. The van der Waals surface area contributed by atoms with Crippen molar-refractivity contribution in [3.8, 4) is 5.75 Å². The molecule has 5 nitrogen and oxygen atoms in total. The summed E-state index contributed by atoms with van der Waals surface area (Å²) >= 11 is 0. The second kappa shape index (κ2) is 6.97. The van der Waals surface area contributed by atoms with Gasteiger partial charge in [-0.1, -0.05) is 18.2 Å². The second-order valence-electron chi connectivity index (χ2n) is 6.36. The molecule has 1 unspecified atom stereocenters. The summed E-state index contributed by atoms with van der Waals surface area (Å²) in [7, 11) is 1.56. The Morgan fingerprint density at radius 3 is 2.64 bits per heavy atom. The Kier molecular flexibility index (Phi) is 4.74. The third-order valence-electron chi connectivity index (χ3n) is 4.66. The van der Waals surface area contributed by atoms with Crippen LogP contribution in [0.1, 0.15) is 17.5 Å². The predicted molar refractivity (Wildman–Crippen MR) is 98.0 cm³/mol. The van der Waals surface area contributed by atoms with Crippen molar-refractivity contribution in [1.29, 1.82) is 0 Å². The van der Waals surface area contributed by atoms with Gasteiger partial charge in [0.2, 0.25) is 11.8 Å². The van der Waals surface area contributed by atoms with Crippen LogP contribution in [-0.4, -0.2) is 25.5 Å². The van der Waals surface area contributed by atoms with E-state index in [-0.39, 0.29) is 24.2 Å². The van der Waals surface area contributed by atoms with E-state index >= 15 is 0 Å². The van der Waals surface area contributed by atoms with Gasteiger partial charge in [-0.25, -0.2) is 0 Å². The molecule has 1 N–H and O–H groups in total. The number of nitrogens with zero attached hydrogens (tertiary/aromatic N) is 1. The molecule has 1 saturated heterocycles. The largest absolute Gasteiger partial charge is 0.495 e. The number of hydrogen-bond donors (Lipinski definition) is 1. The maximum absolute atomic E-state index is 12.6. The van der Waals surface area contributed by atoms with E-state index in [1.807, 2.05) is 44.2 Å². The van der Waals surface area contributed by atoms with E-state index in [0.29, 0.717) is 18.0 Å². The van der Waals surface area contributed by atoms with Gasteiger partial charge in [-0.15, -0.1) is 0 Å². The summed E-state index contributed by atoms with van der Waals surface area (Å²) in [6, 6.07) is 13.2. The number of benzene rings is 2. The predicted octanol–water partition coefficient (Wildman–Crippen LogP) is 3.30. The number of amides is 2. The second-order valence-corrected chi connectivity index (χ2v) is 6.36. The fourth-order valence-corrected chi connectivity index (χ4v) is 3.01. The Balaban J connectivity index is 1.73. The number of hydrogen-bond acceptors (Lipinski definition) is 3. The number of carbonyl (C=O) groups excluding carboxylic acids is 2. The van der Waals surface area contributed by atoms with E-state index in [2.05, 4.69) is 5.32 Å². The molecule has 0 radical (unpaired) electrons. The van der Waals surface area contributed by atoms with E-state index in [1.165, 1.54) is 5.56 Å². The lowest BCUT2D eigenvalue weighted by atomic mass is 10.1. The minimum atomic E-state index is -0.376. The monoisotopic (exact) mass is 338 g/mol. The van der Waals surface area contributed by atoms with Gasteiger partial charge in [-0.2, -0.15) is 0 Å². The number of carbonyl (C=O) groups is 2. The van der Waals surface area contributed by atoms with Crippen LogP contribution in [0.25, 0.3) is 0 Å². The average molecular weight is 338 g/mol. The topological polar surface area (TPSA) is 58.6 Å². The number of aryl methyl sites for hydroxylation is 2. The Labute approximate surface area is 147 Å². The van der Waals surface area contributed by atoms with Crippen molar-refractivity contribution in [3.63, 3.8) is 0 Å². The fourth-order valence-electron chi connectivity index (χ4n) is 3.01. The highest BCUT2D eigenvalue weighted by molar-refractivity contribution is 6.04. The van der Waals surface area contributed by atoms with Gasteiger partial charge < -0.3 is 15.0 Å². The molecule has 2 aromatic carbocycles. The first-order valence-corrected chi connectivity index (χ1v) is 8.31. The van der Waals surface area contributed by atoms with Crippen LogP contribution in [-0.2, 0) is 9.59 Å². The Morgan fingerprint density at radius 2 is 1.92 bits per heavy atom. The number of nitrogens with one attached hydrogen (secondary N) is 1. The summed E-state index contributed by atoms with van der Waals surface area (Å²) in [5.74, 6) is 0.0397. The van der Waals surface area contributed by atoms with Crippen LogP contribution in [0.5, 0.6) is 5.75 Å². The highest BCUT2D eigenvalue weighted by atomic mass is 16.5. The lowest BCUT2D eigenvalue weighted by Gasteiger charge is -2.18. The first-order valence-electron chi connectivity index (χ1n) is 8.31. The van der Waals surface area contributed by atoms with E-state index in [4.69, 9.17) is 4.74 Å². The molecule has 5 heteroatoms. The molecule has 1 heterocycles. The average Bonchev–Trinajstić information content (AvgIpc) is 3.00. The minimum Gasteiger partial charge on any atom is -0.495 e. The quantitative estimate of drug-likeness (QED) is 0.930. The maximum Gasteiger partial charge on any atom is 0.229 e. The van der Waals surface area contributed by atoms with Crippen molar-refractivity contribution in [2.75, 3.05) is 23.9 Å². The van der Waals surface area contributed by atoms with Gasteiger partial charge in [-0.3, -0.25) is 9.59 Å². The van der Waals surface area contributed by atoms with E-state index < -0.39 is 0 Å². The standard InChI is InChI=1S/C20H22N2O3/c1-13-8-9-16(10-14(13)2)22-12-15(11-19(22)23)20(24)21-17-6-4-5-7-18(17)25-3/h4-10,15H,11-12H2,1-3H3,(H,21,24). The molecule has 2 aromatic rings. The van der Waals surface area contributed by atoms with Crippen molar-refractivity contribution in [1.82, 2.24) is 0 Å². The highest BCUT2D eigenvalue weighted by Crippen LogP contribution is 2.29. The number of rotatable bonds is 4. The third-order valence-corrected chi connectivity index (χ3v) is 4.66. The van der Waals surface area contributed by atoms with Gasteiger partial charge in [0.05, 0.1) is 18.7 Å². The van der Waals surface area contributed by atoms with Gasteiger partial charge in [0, 0.05) is 18.7 Å². The van der Waals surface area contributed by atoms with Crippen LogP contribution in [0.4, 0.5) is 11.4 Å². The smallest absolute Gasteiger partial charge is 0.229 e. The van der Waals surface area contributed by atoms with Crippen LogP contribution < -0.4 is 15.0 Å². The summed E-state index contributed by atoms with van der Waals surface area (Å²) in [5.41, 5.74) is 3.78. The lowest BCUT2D eigenvalue weighted by Crippen LogP contribution is -2.28. The molecular weight excluding hydrogens is 316 g/mol. The minimum absolute atomic E-state index is 0.0246. The van der Waals surface area contributed by atoms with Crippen LogP contribution in [0.15, 0.2) is 42.5 Å². The molecular formula is C20H22N2O3. The zero-order valence-electron chi connectivity index (χ0n) is 14.7. The fraction of sp³-hybridized carbons (Fsp3) is 0.300. The summed E-state index contributed by atoms with van der Waals surface area (Å²) in [6.07, 6.45) is 0.216. The van der Waals surface area contributed by atoms with Crippen molar-refractivity contribution in [2.24, 2.45) is 5.92 Å². The van der Waals surface area contributed by atoms with Crippen molar-refractivity contribution >= 4 is 23.2 Å². The molecule has 3 rings (SSSR count). The van der Waals surface area contributed by atoms with Gasteiger partial charge >= 0.3 is 0 Å². The Bertz CT molecular complexity index is 816. The van der Waals surface area contributed by atoms with Gasteiger partial charge in [0.15, 0.2) is 0 Å². The van der Waals surface area contributed by atoms with Crippen molar-refractivity contribution < 1.29 is 14.3 Å². The van der Waals surface area contributed by atoms with E-state index in [9.17, 15) is 9.59 Å². The van der Waals surface area contributed by atoms with Gasteiger partial charge in [-0.05, 0) is 49.2 Å². The first kappa shape index (κ1) is 17.0. The zero-order valence-corrected chi connectivity index (χ0v) is 14.7. The Morgan fingerprint density at radius 1 is 1.16 bits per heavy atom. The summed E-state index contributed by atoms with van der Waals surface area (Å²) in [4.78, 5) is 26.7. The van der Waals surface area contributed by atoms with Crippen LogP contribution >= 0.6 is 0 Å². The molecule has 0 bridgehead atoms. The summed E-state index contributed by atoms with van der Waals surface area (Å²) in [6.45, 7) is 4.45. The molecule has 1 atom stereocenters. The van der Waals surface area contributed by atoms with E-state index in [0.717, 1.165) is 11.3 Å². The van der Waals surface area contributed by atoms with Crippen LogP contribution in [0, 0.1) is 19.8 Å². The van der Waals surface area contributed by atoms with Crippen LogP contribution in [0.3, 0.4) is 0 Å². The number of anilines is 2. The molecule has 1 aliphatic rings. The molecule has 0 saturated carbocycles. The van der Waals surface area contributed by atoms with Crippen molar-refractivity contribution in [3.05, 3.63) is 53.6 Å². The van der Waals surface area contributed by atoms with Gasteiger partial charge in [0.25, 0.3) is 0 Å². The van der Waals surface area contributed by atoms with Crippen molar-refractivity contribution in [2.45, 2.75) is 20.3 Å². The summed E-state index contributed by atoms with van der Waals surface area (Å²) in [5, 5.41) is 2.87. The molecule has 2 amide bonds. The number of methoxy groups -OCH3 is 1. The first-order chi connectivity index (χ1) is 12.0. The molecule has 1 fully saturated rings. The number of para-hydroxylation sites is 2. The third kappa shape index (κ3) is 3.50. The maximum atomic E-state index is 12.6.